The molecule has 12 nitrogen and oxygen atoms in total. The van der Waals surface area contributed by atoms with E-state index in [1.807, 2.05) is 71.6 Å². The number of carbonyl (C=O) groups is 4. The van der Waals surface area contributed by atoms with E-state index in [0.29, 0.717) is 41.1 Å². The summed E-state index contributed by atoms with van der Waals surface area (Å²) >= 11 is 17.5. The van der Waals surface area contributed by atoms with E-state index in [1.54, 1.807) is 41.6 Å². The van der Waals surface area contributed by atoms with Crippen LogP contribution in [0.25, 0.3) is 0 Å². The van der Waals surface area contributed by atoms with Gasteiger partial charge in [-0.1, -0.05) is 29.3 Å². The molecule has 1 aliphatic rings. The number of nitrogen functional groups attached to an aromatic ring is 1. The van der Waals surface area contributed by atoms with Gasteiger partial charge in [-0.3, -0.25) is 28.5 Å². The number of benzene rings is 2. The Hall–Kier alpha value is -4.11. The number of ether oxygens (including phenoxy) is 2. The number of thiol groups is 1. The molecule has 5 rings (SSSR count). The van der Waals surface area contributed by atoms with Crippen molar-refractivity contribution >= 4 is 88.9 Å². The Labute approximate surface area is 349 Å². The van der Waals surface area contributed by atoms with Crippen LogP contribution in [0.5, 0.6) is 0 Å². The predicted octanol–water partition coefficient (Wildman–Crippen LogP) is 8.54. The van der Waals surface area contributed by atoms with Crippen molar-refractivity contribution in [2.24, 2.45) is 19.1 Å². The number of carbonyl (C=O) groups excluding carboxylic acids is 4. The quantitative estimate of drug-likeness (QED) is 0.0949. The average molecular weight is 848 g/mol. The van der Waals surface area contributed by atoms with E-state index >= 15 is 0 Å². The van der Waals surface area contributed by atoms with Crippen LogP contribution in [0.15, 0.2) is 47.5 Å². The van der Waals surface area contributed by atoms with Gasteiger partial charge in [0.2, 0.25) is 0 Å². The second kappa shape index (κ2) is 23.2. The molecule has 3 atom stereocenters. The number of rotatable bonds is 9. The van der Waals surface area contributed by atoms with Gasteiger partial charge in [0.25, 0.3) is 0 Å². The van der Waals surface area contributed by atoms with Crippen molar-refractivity contribution in [2.45, 2.75) is 84.0 Å². The molecular formula is C40H52Cl2N6O6S2. The highest BCUT2D eigenvalue weighted by Gasteiger charge is 2.33. The molecule has 0 radical (unpaired) electrons. The minimum absolute atomic E-state index is 0.0200. The third-order valence-corrected chi connectivity index (χ3v) is 10.9. The van der Waals surface area contributed by atoms with Gasteiger partial charge in [0.05, 0.1) is 53.2 Å². The maximum absolute atomic E-state index is 12.1. The summed E-state index contributed by atoms with van der Waals surface area (Å²) in [5, 5.41) is 9.42. The lowest BCUT2D eigenvalue weighted by Gasteiger charge is -2.22. The number of hydrogen-bond acceptors (Lipinski definition) is 12. The molecule has 304 valence electrons. The number of anilines is 1. The molecule has 3 heterocycles. The Kier molecular flexibility index (Phi) is 19.9. The van der Waals surface area contributed by atoms with Gasteiger partial charge in [0.1, 0.15) is 17.9 Å². The number of nitrogens with two attached hydrogens (primary N) is 1. The number of thioether (sulfide) groups is 1. The normalized spacial score (nSPS) is 14.8. The molecule has 2 aromatic heterocycles. The van der Waals surface area contributed by atoms with Crippen molar-refractivity contribution in [3.8, 4) is 0 Å². The van der Waals surface area contributed by atoms with Crippen LogP contribution in [0, 0.1) is 27.7 Å². The molecule has 0 amide bonds. The first-order valence-electron chi connectivity index (χ1n) is 17.8. The molecule has 1 aliphatic heterocycles. The van der Waals surface area contributed by atoms with Crippen LogP contribution >= 0.6 is 47.6 Å². The number of aldehydes is 1. The van der Waals surface area contributed by atoms with Crippen LogP contribution in [0.3, 0.4) is 0 Å². The topological polar surface area (TPSA) is 161 Å². The number of hydrogen-bond donors (Lipinski definition) is 2. The van der Waals surface area contributed by atoms with E-state index < -0.39 is 5.25 Å². The number of aryl methyl sites for hydroxylation is 6. The van der Waals surface area contributed by atoms with E-state index in [4.69, 9.17) is 38.7 Å². The van der Waals surface area contributed by atoms with Crippen LogP contribution in [0.1, 0.15) is 89.8 Å². The fraction of sp³-hybridized carbons (Fsp3) is 0.425. The van der Waals surface area contributed by atoms with Gasteiger partial charge in [-0.15, -0.1) is 11.8 Å². The van der Waals surface area contributed by atoms with Crippen molar-refractivity contribution in [1.82, 2.24) is 19.6 Å². The molecule has 0 aliphatic carbocycles. The third kappa shape index (κ3) is 14.8. The van der Waals surface area contributed by atoms with Crippen molar-refractivity contribution in [1.29, 1.82) is 0 Å². The molecule has 56 heavy (non-hydrogen) atoms. The lowest BCUT2D eigenvalue weighted by molar-refractivity contribution is -0.144. The largest absolute Gasteiger partial charge is 0.466 e. The summed E-state index contributed by atoms with van der Waals surface area (Å²) in [5.41, 5.74) is 13.3. The van der Waals surface area contributed by atoms with Gasteiger partial charge in [0, 0.05) is 47.0 Å². The highest BCUT2D eigenvalue weighted by atomic mass is 35.5. The first-order valence-corrected chi connectivity index (χ1v) is 20.0. The van der Waals surface area contributed by atoms with Gasteiger partial charge < -0.3 is 15.2 Å². The van der Waals surface area contributed by atoms with Crippen LogP contribution in [0.4, 0.5) is 11.6 Å². The molecule has 0 saturated heterocycles. The van der Waals surface area contributed by atoms with Gasteiger partial charge >= 0.3 is 11.9 Å². The lowest BCUT2D eigenvalue weighted by Crippen LogP contribution is -2.21. The van der Waals surface area contributed by atoms with Crippen LogP contribution < -0.4 is 5.73 Å². The summed E-state index contributed by atoms with van der Waals surface area (Å²) in [6, 6.07) is 13.0. The van der Waals surface area contributed by atoms with Gasteiger partial charge in [-0.25, -0.2) is 4.99 Å². The van der Waals surface area contributed by atoms with Crippen LogP contribution in [0.2, 0.25) is 10.0 Å². The van der Waals surface area contributed by atoms with Crippen LogP contribution in [-0.2, 0) is 38.0 Å². The molecule has 0 spiro atoms. The second-order valence-electron chi connectivity index (χ2n) is 12.8. The Balaban J connectivity index is 0.000000305. The van der Waals surface area contributed by atoms with Crippen LogP contribution in [-0.4, -0.2) is 73.0 Å². The second-order valence-corrected chi connectivity index (χ2v) is 15.6. The van der Waals surface area contributed by atoms with E-state index in [2.05, 4.69) is 40.6 Å². The molecule has 0 fully saturated rings. The van der Waals surface area contributed by atoms with Gasteiger partial charge in [0.15, 0.2) is 5.82 Å². The number of esters is 2. The molecule has 4 aromatic rings. The van der Waals surface area contributed by atoms with Crippen molar-refractivity contribution < 1.29 is 28.7 Å². The standard InChI is InChI=1S/C20H24ClN3O2S.C8H7ClO.C7H12O3S.C5H9N3/c1-6-26-17(25)10-16-12(3)22-20-18(13(4)23-24(20)5)19(27-16)15-8-7-14(21)9-11(15)2;1-6-4-8(9)3-2-7(6)5-10;1-3-10-7(9)4-6(11)5(2)8;1-4-3-5(6)8(2)7-4/h7-9,16,19H,6,10H2,1-5H3;2-5H,1H3;6,11H,3-4H2,1-2H3;3H,6H2,1-2H3. The number of nitrogens with zero attached hydrogens (tertiary/aromatic N) is 5. The van der Waals surface area contributed by atoms with Gasteiger partial charge in [-0.05, 0) is 102 Å². The molecule has 2 N–H and O–H groups in total. The zero-order valence-electron chi connectivity index (χ0n) is 33.6. The maximum Gasteiger partial charge on any atom is 0.307 e. The Morgan fingerprint density at radius 1 is 0.911 bits per heavy atom. The first kappa shape index (κ1) is 48.0. The molecule has 3 unspecified atom stereocenters. The number of halogens is 2. The fourth-order valence-electron chi connectivity index (χ4n) is 5.32. The van der Waals surface area contributed by atoms with E-state index in [9.17, 15) is 19.2 Å². The minimum Gasteiger partial charge on any atom is -0.466 e. The summed E-state index contributed by atoms with van der Waals surface area (Å²) in [5.74, 6) is 0.881. The van der Waals surface area contributed by atoms with E-state index in [1.165, 1.54) is 12.5 Å². The summed E-state index contributed by atoms with van der Waals surface area (Å²) in [6.45, 7) is 15.5. The maximum atomic E-state index is 12.1. The zero-order valence-corrected chi connectivity index (χ0v) is 36.8. The van der Waals surface area contributed by atoms with Crippen molar-refractivity contribution in [3.63, 3.8) is 0 Å². The Bertz CT molecular complexity index is 1990. The predicted molar refractivity (Wildman–Crippen MR) is 230 cm³/mol. The number of Topliss-reactive ketones (excluding diaryl/α,β-unsaturated/α-hetero) is 1. The smallest absolute Gasteiger partial charge is 0.307 e. The Morgan fingerprint density at radius 3 is 1.98 bits per heavy atom. The molecular weight excluding hydrogens is 796 g/mol. The average Bonchev–Trinajstić information content (AvgIpc) is 3.50. The number of aromatic nitrogens is 4. The third-order valence-electron chi connectivity index (χ3n) is 8.25. The molecule has 0 bridgehead atoms. The summed E-state index contributed by atoms with van der Waals surface area (Å²) < 4.78 is 13.3. The van der Waals surface area contributed by atoms with E-state index in [0.717, 1.165) is 45.9 Å². The fourth-order valence-corrected chi connectivity index (χ4v) is 7.56. The highest BCUT2D eigenvalue weighted by molar-refractivity contribution is 8.01. The Morgan fingerprint density at radius 2 is 1.50 bits per heavy atom. The van der Waals surface area contributed by atoms with Crippen molar-refractivity contribution in [3.05, 3.63) is 91.7 Å². The number of ketones is 1. The first-order chi connectivity index (χ1) is 26.3. The zero-order chi connectivity index (χ0) is 42.3. The summed E-state index contributed by atoms with van der Waals surface area (Å²) in [7, 11) is 3.73. The van der Waals surface area contributed by atoms with Gasteiger partial charge in [-0.2, -0.15) is 22.8 Å². The highest BCUT2D eigenvalue weighted by Crippen LogP contribution is 2.48. The molecule has 16 heteroatoms. The summed E-state index contributed by atoms with van der Waals surface area (Å²) in [6.07, 6.45) is 1.19. The molecule has 2 aromatic carbocycles. The number of aliphatic imine (C=N–C) groups is 1. The SMILES string of the molecule is CCOC(=O)CC(S)C(C)=O.CCOC(=O)CC1SC(c2ccc(Cl)cc2C)c2c(C)nn(C)c2N=C1C.Cc1cc(Cl)ccc1C=O.Cc1cc(N)n(C)n1. The summed E-state index contributed by atoms with van der Waals surface area (Å²) in [4.78, 5) is 48.6. The lowest BCUT2D eigenvalue weighted by atomic mass is 10.00. The van der Waals surface area contributed by atoms with E-state index in [-0.39, 0.29) is 34.6 Å². The number of fused-ring (bicyclic) bond motifs is 1. The molecule has 0 saturated carbocycles. The minimum atomic E-state index is -0.519. The monoisotopic (exact) mass is 846 g/mol. The van der Waals surface area contributed by atoms with Crippen molar-refractivity contribution in [2.75, 3.05) is 18.9 Å².